The van der Waals surface area contributed by atoms with E-state index in [9.17, 15) is 10.0 Å². The van der Waals surface area contributed by atoms with Gasteiger partial charge in [-0.2, -0.15) is 0 Å². The minimum absolute atomic E-state index is 0.460. The van der Waals surface area contributed by atoms with Crippen LogP contribution >= 0.6 is 0 Å². The molecule has 2 aliphatic heterocycles. The summed E-state index contributed by atoms with van der Waals surface area (Å²) in [4.78, 5) is 0. The van der Waals surface area contributed by atoms with E-state index in [1.54, 1.807) is 0 Å². The van der Waals surface area contributed by atoms with Crippen LogP contribution < -0.4 is 20.4 Å². The Labute approximate surface area is 198 Å². The fourth-order valence-corrected chi connectivity index (χ4v) is 3.76. The van der Waals surface area contributed by atoms with E-state index in [0.717, 1.165) is 33.6 Å². The van der Waals surface area contributed by atoms with Crippen molar-refractivity contribution < 1.29 is 28.8 Å². The summed E-state index contributed by atoms with van der Waals surface area (Å²) in [6, 6.07) is 30.3. The molecule has 0 saturated carbocycles. The summed E-state index contributed by atoms with van der Waals surface area (Å²) >= 11 is 0. The molecule has 0 bridgehead atoms. The van der Waals surface area contributed by atoms with Gasteiger partial charge in [-0.05, 0) is 70.6 Å². The lowest BCUT2D eigenvalue weighted by Crippen LogP contribution is -2.27. The molecule has 8 heteroatoms. The van der Waals surface area contributed by atoms with Crippen molar-refractivity contribution in [2.45, 2.75) is 13.2 Å². The monoisotopic (exact) mass is 452 g/mol. The first-order valence-electron chi connectivity index (χ1n) is 11.0. The van der Waals surface area contributed by atoms with Crippen molar-refractivity contribution in [3.63, 3.8) is 0 Å². The van der Waals surface area contributed by atoms with Crippen LogP contribution in [-0.4, -0.2) is 24.3 Å². The van der Waals surface area contributed by atoms with E-state index >= 15 is 0 Å². The first kappa shape index (κ1) is 22.3. The topological polar surface area (TPSA) is 77.4 Å². The van der Waals surface area contributed by atoms with Gasteiger partial charge in [0.25, 0.3) is 0 Å². The summed E-state index contributed by atoms with van der Waals surface area (Å²) in [5.41, 5.74) is 3.60. The van der Waals surface area contributed by atoms with Gasteiger partial charge in [-0.1, -0.05) is 48.5 Å². The van der Waals surface area contributed by atoms with E-state index in [1.165, 1.54) is 0 Å². The maximum Gasteiger partial charge on any atom is 0.491 e. The summed E-state index contributed by atoms with van der Waals surface area (Å²) in [6.45, 7) is 0.921. The predicted octanol–water partition coefficient (Wildman–Crippen LogP) is 3.39. The van der Waals surface area contributed by atoms with Crippen molar-refractivity contribution in [1.82, 2.24) is 0 Å². The molecule has 6 rings (SSSR count). The highest BCUT2D eigenvalue weighted by atomic mass is 16.5. The second-order valence-corrected chi connectivity index (χ2v) is 7.88. The lowest BCUT2D eigenvalue weighted by atomic mass is 9.79. The SMILES string of the molecule is OB1OCc2ccc(Oc3ccccc3)cc21.OB1OCc2ccc(Oc3ccccc3)cc21. The summed E-state index contributed by atoms with van der Waals surface area (Å²) < 4.78 is 21.6. The molecule has 2 heterocycles. The van der Waals surface area contributed by atoms with E-state index in [2.05, 4.69) is 0 Å². The molecule has 0 aliphatic carbocycles. The Morgan fingerprint density at radius 3 is 1.35 bits per heavy atom. The van der Waals surface area contributed by atoms with Gasteiger partial charge in [-0.3, -0.25) is 0 Å². The Hall–Kier alpha value is -3.55. The average Bonchev–Trinajstić information content (AvgIpc) is 3.43. The van der Waals surface area contributed by atoms with Gasteiger partial charge in [-0.15, -0.1) is 0 Å². The molecule has 0 amide bonds. The highest BCUT2D eigenvalue weighted by Crippen LogP contribution is 2.23. The van der Waals surface area contributed by atoms with Gasteiger partial charge >= 0.3 is 14.2 Å². The molecule has 34 heavy (non-hydrogen) atoms. The third kappa shape index (κ3) is 5.16. The molecule has 6 nitrogen and oxygen atoms in total. The van der Waals surface area contributed by atoms with Crippen LogP contribution in [0.25, 0.3) is 0 Å². The molecule has 0 fully saturated rings. The average molecular weight is 452 g/mol. The standard InChI is InChI=1S/2C13H11BO3/c2*15-14-13-8-12(7-6-10(13)9-16-14)17-11-4-2-1-3-5-11/h2*1-8,15H,9H2. The number of hydrogen-bond acceptors (Lipinski definition) is 6. The molecule has 2 aliphatic rings. The van der Waals surface area contributed by atoms with Gasteiger partial charge in [0.05, 0.1) is 13.2 Å². The highest BCUT2D eigenvalue weighted by molar-refractivity contribution is 6.62. The van der Waals surface area contributed by atoms with E-state index < -0.39 is 14.2 Å². The molecule has 0 saturated heterocycles. The first-order chi connectivity index (χ1) is 16.7. The van der Waals surface area contributed by atoms with E-state index in [-0.39, 0.29) is 0 Å². The van der Waals surface area contributed by atoms with Crippen LogP contribution in [0.1, 0.15) is 11.1 Å². The number of hydrogen-bond donors (Lipinski definition) is 2. The van der Waals surface area contributed by atoms with Gasteiger partial charge < -0.3 is 28.8 Å². The number of ether oxygens (including phenoxy) is 2. The second kappa shape index (κ2) is 10.2. The van der Waals surface area contributed by atoms with E-state index in [1.807, 2.05) is 97.1 Å². The van der Waals surface area contributed by atoms with Gasteiger partial charge in [0, 0.05) is 0 Å². The molecule has 0 spiro atoms. The highest BCUT2D eigenvalue weighted by Gasteiger charge is 2.28. The number of para-hydroxylation sites is 2. The fourth-order valence-electron chi connectivity index (χ4n) is 3.76. The summed E-state index contributed by atoms with van der Waals surface area (Å²) in [5, 5.41) is 19.2. The van der Waals surface area contributed by atoms with Crippen molar-refractivity contribution in [3.8, 4) is 23.0 Å². The van der Waals surface area contributed by atoms with Crippen molar-refractivity contribution in [2.75, 3.05) is 0 Å². The van der Waals surface area contributed by atoms with Crippen molar-refractivity contribution in [1.29, 1.82) is 0 Å². The quantitative estimate of drug-likeness (QED) is 0.463. The minimum atomic E-state index is -0.829. The molecular weight excluding hydrogens is 430 g/mol. The Balaban J connectivity index is 0.000000142. The molecule has 4 aromatic carbocycles. The van der Waals surface area contributed by atoms with Gasteiger partial charge in [0.2, 0.25) is 0 Å². The predicted molar refractivity (Wildman–Crippen MR) is 131 cm³/mol. The zero-order chi connectivity index (χ0) is 23.3. The summed E-state index contributed by atoms with van der Waals surface area (Å²) in [5.74, 6) is 2.97. The maximum atomic E-state index is 9.59. The Bertz CT molecular complexity index is 1150. The summed E-state index contributed by atoms with van der Waals surface area (Å²) in [6.07, 6.45) is 0. The van der Waals surface area contributed by atoms with E-state index in [0.29, 0.717) is 24.7 Å². The zero-order valence-corrected chi connectivity index (χ0v) is 18.3. The lowest BCUT2D eigenvalue weighted by molar-refractivity contribution is 0.275. The Morgan fingerprint density at radius 2 is 0.941 bits per heavy atom. The molecular formula is C26H22B2O6. The summed E-state index contributed by atoms with van der Waals surface area (Å²) in [7, 11) is -1.66. The van der Waals surface area contributed by atoms with Gasteiger partial charge in [-0.25, -0.2) is 0 Å². The third-order valence-electron chi connectivity index (χ3n) is 5.52. The van der Waals surface area contributed by atoms with Crippen LogP contribution in [-0.2, 0) is 22.5 Å². The first-order valence-corrected chi connectivity index (χ1v) is 11.0. The molecule has 4 aromatic rings. The second-order valence-electron chi connectivity index (χ2n) is 7.88. The van der Waals surface area contributed by atoms with Gasteiger partial charge in [0.15, 0.2) is 0 Å². The van der Waals surface area contributed by atoms with Crippen LogP contribution in [0.3, 0.4) is 0 Å². The third-order valence-corrected chi connectivity index (χ3v) is 5.52. The molecule has 0 unspecified atom stereocenters. The fraction of sp³-hybridized carbons (Fsp3) is 0.0769. The number of benzene rings is 4. The normalized spacial score (nSPS) is 13.6. The van der Waals surface area contributed by atoms with Crippen LogP contribution in [0.2, 0.25) is 0 Å². The molecule has 2 N–H and O–H groups in total. The molecule has 0 atom stereocenters. The van der Waals surface area contributed by atoms with Crippen LogP contribution in [0.4, 0.5) is 0 Å². The van der Waals surface area contributed by atoms with Crippen LogP contribution in [0.15, 0.2) is 97.1 Å². The largest absolute Gasteiger partial charge is 0.491 e. The minimum Gasteiger partial charge on any atom is -0.457 e. The van der Waals surface area contributed by atoms with Crippen LogP contribution in [0, 0.1) is 0 Å². The smallest absolute Gasteiger partial charge is 0.457 e. The lowest BCUT2D eigenvalue weighted by Gasteiger charge is -2.07. The van der Waals surface area contributed by atoms with Crippen molar-refractivity contribution in [2.24, 2.45) is 0 Å². The van der Waals surface area contributed by atoms with Crippen molar-refractivity contribution in [3.05, 3.63) is 108 Å². The zero-order valence-electron chi connectivity index (χ0n) is 18.3. The van der Waals surface area contributed by atoms with Crippen molar-refractivity contribution >= 4 is 25.2 Å². The number of fused-ring (bicyclic) bond motifs is 2. The molecule has 0 radical (unpaired) electrons. The Morgan fingerprint density at radius 1 is 0.529 bits per heavy atom. The Kier molecular flexibility index (Phi) is 6.65. The molecule has 168 valence electrons. The molecule has 0 aromatic heterocycles. The van der Waals surface area contributed by atoms with E-state index in [4.69, 9.17) is 18.8 Å². The maximum absolute atomic E-state index is 9.59. The number of rotatable bonds is 4. The van der Waals surface area contributed by atoms with Crippen LogP contribution in [0.5, 0.6) is 23.0 Å². The van der Waals surface area contributed by atoms with Gasteiger partial charge in [0.1, 0.15) is 23.0 Å².